The molecule has 106 valence electrons. The summed E-state index contributed by atoms with van der Waals surface area (Å²) >= 11 is 2.37. The summed E-state index contributed by atoms with van der Waals surface area (Å²) in [5.41, 5.74) is 1.55. The van der Waals surface area contributed by atoms with Crippen LogP contribution >= 0.6 is 22.6 Å². The van der Waals surface area contributed by atoms with Crippen LogP contribution < -0.4 is 5.32 Å². The molecule has 20 heavy (non-hydrogen) atoms. The van der Waals surface area contributed by atoms with Crippen LogP contribution in [0.5, 0.6) is 0 Å². The summed E-state index contributed by atoms with van der Waals surface area (Å²) in [5, 5.41) is 7.15. The Morgan fingerprint density at radius 3 is 2.75 bits per heavy atom. The third-order valence-electron chi connectivity index (χ3n) is 2.96. The van der Waals surface area contributed by atoms with Crippen LogP contribution in [0.2, 0.25) is 0 Å². The van der Waals surface area contributed by atoms with Crippen LogP contribution in [-0.2, 0) is 0 Å². The molecule has 0 aliphatic rings. The summed E-state index contributed by atoms with van der Waals surface area (Å²) in [5.74, 6) is -0.0540. The molecule has 0 saturated heterocycles. The normalized spacial score (nSPS) is 10.4. The first kappa shape index (κ1) is 15.0. The quantitative estimate of drug-likeness (QED) is 0.454. The molecule has 0 bridgehead atoms. The van der Waals surface area contributed by atoms with Crippen molar-refractivity contribution in [1.29, 1.82) is 0 Å². The van der Waals surface area contributed by atoms with Gasteiger partial charge in [0.15, 0.2) is 0 Å². The van der Waals surface area contributed by atoms with Crippen LogP contribution in [0.25, 0.3) is 5.69 Å². The minimum atomic E-state index is -0.0540. The molecule has 1 heterocycles. The Morgan fingerprint density at radius 1 is 1.20 bits per heavy atom. The van der Waals surface area contributed by atoms with E-state index in [0.29, 0.717) is 5.56 Å². The number of rotatable bonds is 7. The van der Waals surface area contributed by atoms with E-state index in [1.807, 2.05) is 30.3 Å². The lowest BCUT2D eigenvalue weighted by Gasteiger charge is -2.02. The van der Waals surface area contributed by atoms with Crippen LogP contribution in [0.15, 0.2) is 42.7 Å². The highest BCUT2D eigenvalue weighted by molar-refractivity contribution is 14.1. The monoisotopic (exact) mass is 383 g/mol. The molecule has 0 atom stereocenters. The van der Waals surface area contributed by atoms with Crippen LogP contribution in [0, 0.1) is 0 Å². The van der Waals surface area contributed by atoms with E-state index in [2.05, 4.69) is 33.0 Å². The molecule has 1 aromatic carbocycles. The van der Waals surface area contributed by atoms with Gasteiger partial charge >= 0.3 is 0 Å². The second kappa shape index (κ2) is 8.04. The number of benzene rings is 1. The third-order valence-corrected chi connectivity index (χ3v) is 3.72. The molecule has 4 nitrogen and oxygen atoms in total. The molecule has 1 amide bonds. The van der Waals surface area contributed by atoms with E-state index in [0.717, 1.165) is 25.1 Å². The number of aromatic nitrogens is 2. The molecular weight excluding hydrogens is 365 g/mol. The zero-order valence-corrected chi connectivity index (χ0v) is 13.4. The number of hydrogen-bond acceptors (Lipinski definition) is 2. The van der Waals surface area contributed by atoms with Crippen molar-refractivity contribution in [2.45, 2.75) is 19.3 Å². The van der Waals surface area contributed by atoms with Gasteiger partial charge in [0.2, 0.25) is 0 Å². The van der Waals surface area contributed by atoms with Crippen LogP contribution in [0.4, 0.5) is 0 Å². The Labute approximate surface area is 132 Å². The zero-order chi connectivity index (χ0) is 14.2. The van der Waals surface area contributed by atoms with Crippen molar-refractivity contribution >= 4 is 28.5 Å². The van der Waals surface area contributed by atoms with Crippen molar-refractivity contribution in [1.82, 2.24) is 15.1 Å². The average molecular weight is 383 g/mol. The van der Waals surface area contributed by atoms with E-state index in [1.165, 1.54) is 10.8 Å². The standard InChI is InChI=1S/C15H18IN3O/c16-9-5-2-6-10-17-15(20)13-11-18-19(12-13)14-7-3-1-4-8-14/h1,3-4,7-8,11-12H,2,5-6,9-10H2,(H,17,20). The lowest BCUT2D eigenvalue weighted by atomic mass is 10.2. The summed E-state index contributed by atoms with van der Waals surface area (Å²) in [6, 6.07) is 9.77. The topological polar surface area (TPSA) is 46.9 Å². The van der Waals surface area contributed by atoms with Crippen molar-refractivity contribution in [2.24, 2.45) is 0 Å². The number of nitrogens with one attached hydrogen (secondary N) is 1. The summed E-state index contributed by atoms with van der Waals surface area (Å²) < 4.78 is 2.89. The molecule has 1 aromatic heterocycles. The van der Waals surface area contributed by atoms with Crippen molar-refractivity contribution in [3.05, 3.63) is 48.3 Å². The molecule has 0 spiro atoms. The first-order valence-corrected chi connectivity index (χ1v) is 8.28. The first-order chi connectivity index (χ1) is 9.81. The van der Waals surface area contributed by atoms with Gasteiger partial charge in [-0.25, -0.2) is 4.68 Å². The number of carbonyl (C=O) groups is 1. The van der Waals surface area contributed by atoms with Gasteiger partial charge in [0.05, 0.1) is 17.4 Å². The van der Waals surface area contributed by atoms with Crippen molar-refractivity contribution in [3.8, 4) is 5.69 Å². The third kappa shape index (κ3) is 4.33. The van der Waals surface area contributed by atoms with Gasteiger partial charge in [-0.1, -0.05) is 47.2 Å². The van der Waals surface area contributed by atoms with E-state index in [4.69, 9.17) is 0 Å². The number of carbonyl (C=O) groups excluding carboxylic acids is 1. The SMILES string of the molecule is O=C(NCCCCCI)c1cnn(-c2ccccc2)c1. The molecule has 0 aliphatic carbocycles. The predicted molar refractivity (Wildman–Crippen MR) is 88.6 cm³/mol. The Balaban J connectivity index is 1.87. The lowest BCUT2D eigenvalue weighted by molar-refractivity contribution is 0.0953. The van der Waals surface area contributed by atoms with Gasteiger partial charge in [-0.2, -0.15) is 5.10 Å². The van der Waals surface area contributed by atoms with Gasteiger partial charge in [-0.05, 0) is 29.4 Å². The van der Waals surface area contributed by atoms with Gasteiger partial charge in [0.1, 0.15) is 0 Å². The molecule has 2 aromatic rings. The average Bonchev–Trinajstić information content (AvgIpc) is 2.98. The van der Waals surface area contributed by atoms with Crippen molar-refractivity contribution in [3.63, 3.8) is 0 Å². The maximum atomic E-state index is 12.0. The first-order valence-electron chi connectivity index (χ1n) is 6.75. The zero-order valence-electron chi connectivity index (χ0n) is 11.3. The number of hydrogen-bond donors (Lipinski definition) is 1. The summed E-state index contributed by atoms with van der Waals surface area (Å²) in [6.07, 6.45) is 6.76. The second-order valence-corrected chi connectivity index (χ2v) is 5.59. The molecule has 0 fully saturated rings. The second-order valence-electron chi connectivity index (χ2n) is 4.51. The van der Waals surface area contributed by atoms with E-state index in [9.17, 15) is 4.79 Å². The lowest BCUT2D eigenvalue weighted by Crippen LogP contribution is -2.24. The van der Waals surface area contributed by atoms with Gasteiger partial charge in [-0.15, -0.1) is 0 Å². The van der Waals surface area contributed by atoms with Crippen molar-refractivity contribution < 1.29 is 4.79 Å². The largest absolute Gasteiger partial charge is 0.352 e. The minimum absolute atomic E-state index is 0.0540. The molecule has 0 unspecified atom stereocenters. The molecule has 0 aliphatic heterocycles. The molecule has 2 rings (SSSR count). The summed E-state index contributed by atoms with van der Waals surface area (Å²) in [6.45, 7) is 0.728. The summed E-state index contributed by atoms with van der Waals surface area (Å²) in [7, 11) is 0. The number of halogens is 1. The van der Waals surface area contributed by atoms with E-state index < -0.39 is 0 Å². The van der Waals surface area contributed by atoms with Gasteiger partial charge in [0, 0.05) is 12.7 Å². The number of amides is 1. The number of para-hydroxylation sites is 1. The van der Waals surface area contributed by atoms with Crippen LogP contribution in [-0.4, -0.2) is 26.7 Å². The van der Waals surface area contributed by atoms with Gasteiger partial charge in [0.25, 0.3) is 5.91 Å². The Bertz CT molecular complexity index is 539. The predicted octanol–water partition coefficient (Wildman–Crippen LogP) is 3.21. The maximum absolute atomic E-state index is 12.0. The van der Waals surface area contributed by atoms with E-state index >= 15 is 0 Å². The Morgan fingerprint density at radius 2 is 2.00 bits per heavy atom. The number of unbranched alkanes of at least 4 members (excludes halogenated alkanes) is 2. The highest BCUT2D eigenvalue weighted by Crippen LogP contribution is 2.07. The fourth-order valence-electron chi connectivity index (χ4n) is 1.86. The molecule has 1 N–H and O–H groups in total. The van der Waals surface area contributed by atoms with Gasteiger partial charge in [-0.3, -0.25) is 4.79 Å². The molecule has 0 radical (unpaired) electrons. The van der Waals surface area contributed by atoms with Crippen molar-refractivity contribution in [2.75, 3.05) is 11.0 Å². The number of alkyl halides is 1. The fourth-order valence-corrected chi connectivity index (χ4v) is 2.40. The molecule has 5 heteroatoms. The highest BCUT2D eigenvalue weighted by Gasteiger charge is 2.08. The van der Waals surface area contributed by atoms with Gasteiger partial charge < -0.3 is 5.32 Å². The number of nitrogens with zero attached hydrogens (tertiary/aromatic N) is 2. The van der Waals surface area contributed by atoms with E-state index in [-0.39, 0.29) is 5.91 Å². The van der Waals surface area contributed by atoms with Crippen LogP contribution in [0.1, 0.15) is 29.6 Å². The van der Waals surface area contributed by atoms with E-state index in [1.54, 1.807) is 17.1 Å². The molecule has 0 saturated carbocycles. The minimum Gasteiger partial charge on any atom is -0.352 e. The highest BCUT2D eigenvalue weighted by atomic mass is 127. The Kier molecular flexibility index (Phi) is 6.04. The molecular formula is C15H18IN3O. The van der Waals surface area contributed by atoms with Crippen LogP contribution in [0.3, 0.4) is 0 Å². The maximum Gasteiger partial charge on any atom is 0.254 e. The Hall–Kier alpha value is -1.37. The summed E-state index contributed by atoms with van der Waals surface area (Å²) in [4.78, 5) is 12.0. The fraction of sp³-hybridized carbons (Fsp3) is 0.333. The smallest absolute Gasteiger partial charge is 0.254 e.